The summed E-state index contributed by atoms with van der Waals surface area (Å²) < 4.78 is 0. The molecular formula is C9H20N2O. The molecule has 0 heterocycles. The molecule has 1 fully saturated rings. The molecular weight excluding hydrogens is 152 g/mol. The Bertz CT molecular complexity index is 126. The van der Waals surface area contributed by atoms with Crippen molar-refractivity contribution >= 4 is 0 Å². The fourth-order valence-corrected chi connectivity index (χ4v) is 1.80. The van der Waals surface area contributed by atoms with Gasteiger partial charge in [0.25, 0.3) is 0 Å². The van der Waals surface area contributed by atoms with Gasteiger partial charge in [0.2, 0.25) is 0 Å². The molecule has 0 aliphatic heterocycles. The second-order valence-electron chi connectivity index (χ2n) is 3.72. The van der Waals surface area contributed by atoms with Gasteiger partial charge in [-0.25, -0.2) is 0 Å². The lowest BCUT2D eigenvalue weighted by Crippen LogP contribution is -2.39. The van der Waals surface area contributed by atoms with Gasteiger partial charge in [-0.2, -0.15) is 0 Å². The number of rotatable bonds is 4. The Morgan fingerprint density at radius 2 is 2.33 bits per heavy atom. The third kappa shape index (κ3) is 2.73. The molecule has 12 heavy (non-hydrogen) atoms. The summed E-state index contributed by atoms with van der Waals surface area (Å²) in [5.74, 6) is 0. The van der Waals surface area contributed by atoms with Gasteiger partial charge in [0.15, 0.2) is 0 Å². The second kappa shape index (κ2) is 4.80. The van der Waals surface area contributed by atoms with Crippen LogP contribution in [0, 0.1) is 0 Å². The third-order valence-corrected chi connectivity index (χ3v) is 2.66. The van der Waals surface area contributed by atoms with E-state index in [0.717, 1.165) is 25.7 Å². The van der Waals surface area contributed by atoms with Gasteiger partial charge < -0.3 is 16.2 Å². The van der Waals surface area contributed by atoms with Gasteiger partial charge in [-0.05, 0) is 25.7 Å². The molecule has 2 unspecified atom stereocenters. The first-order valence-electron chi connectivity index (χ1n) is 4.88. The SMILES string of the molecule is CC[C@@H](CO)NC1CCC(N)C1. The fourth-order valence-electron chi connectivity index (χ4n) is 1.80. The summed E-state index contributed by atoms with van der Waals surface area (Å²) in [4.78, 5) is 0. The van der Waals surface area contributed by atoms with Crippen LogP contribution in [0.3, 0.4) is 0 Å². The highest BCUT2D eigenvalue weighted by Gasteiger charge is 2.22. The first-order valence-corrected chi connectivity index (χ1v) is 4.88. The first-order chi connectivity index (χ1) is 5.76. The lowest BCUT2D eigenvalue weighted by atomic mass is 10.1. The molecule has 72 valence electrons. The van der Waals surface area contributed by atoms with E-state index in [1.54, 1.807) is 0 Å². The minimum absolute atomic E-state index is 0.238. The normalized spacial score (nSPS) is 32.2. The summed E-state index contributed by atoms with van der Waals surface area (Å²) in [7, 11) is 0. The van der Waals surface area contributed by atoms with E-state index in [9.17, 15) is 0 Å². The average molecular weight is 172 g/mol. The molecule has 0 aromatic rings. The summed E-state index contributed by atoms with van der Waals surface area (Å²) >= 11 is 0. The Morgan fingerprint density at radius 1 is 1.58 bits per heavy atom. The molecule has 1 rings (SSSR count). The summed E-state index contributed by atoms with van der Waals surface area (Å²) in [6.45, 7) is 2.32. The number of nitrogens with two attached hydrogens (primary N) is 1. The summed E-state index contributed by atoms with van der Waals surface area (Å²) in [6, 6.07) is 1.18. The van der Waals surface area contributed by atoms with Crippen LogP contribution in [0.2, 0.25) is 0 Å². The van der Waals surface area contributed by atoms with E-state index in [4.69, 9.17) is 10.8 Å². The lowest BCUT2D eigenvalue weighted by Gasteiger charge is -2.19. The van der Waals surface area contributed by atoms with E-state index in [1.807, 2.05) is 0 Å². The lowest BCUT2D eigenvalue weighted by molar-refractivity contribution is 0.227. The zero-order valence-corrected chi connectivity index (χ0v) is 7.79. The predicted octanol–water partition coefficient (Wildman–Crippen LogP) is 0.227. The van der Waals surface area contributed by atoms with E-state index in [2.05, 4.69) is 12.2 Å². The van der Waals surface area contributed by atoms with Crippen molar-refractivity contribution in [3.05, 3.63) is 0 Å². The van der Waals surface area contributed by atoms with E-state index in [0.29, 0.717) is 12.1 Å². The molecule has 0 radical (unpaired) electrons. The van der Waals surface area contributed by atoms with Gasteiger partial charge in [0.05, 0.1) is 6.61 Å². The minimum Gasteiger partial charge on any atom is -0.395 e. The predicted molar refractivity (Wildman–Crippen MR) is 49.9 cm³/mol. The first kappa shape index (κ1) is 9.96. The van der Waals surface area contributed by atoms with Crippen molar-refractivity contribution in [3.63, 3.8) is 0 Å². The Kier molecular flexibility index (Phi) is 3.98. The van der Waals surface area contributed by atoms with E-state index in [1.165, 1.54) is 0 Å². The van der Waals surface area contributed by atoms with Gasteiger partial charge >= 0.3 is 0 Å². The highest BCUT2D eigenvalue weighted by atomic mass is 16.3. The quantitative estimate of drug-likeness (QED) is 0.569. The van der Waals surface area contributed by atoms with Crippen LogP contribution in [-0.4, -0.2) is 29.8 Å². The van der Waals surface area contributed by atoms with Crippen LogP contribution in [-0.2, 0) is 0 Å². The molecule has 0 spiro atoms. The molecule has 1 saturated carbocycles. The van der Waals surface area contributed by atoms with Gasteiger partial charge in [-0.3, -0.25) is 0 Å². The van der Waals surface area contributed by atoms with Crippen molar-refractivity contribution in [2.24, 2.45) is 5.73 Å². The van der Waals surface area contributed by atoms with E-state index < -0.39 is 0 Å². The number of aliphatic hydroxyl groups is 1. The maximum atomic E-state index is 8.96. The van der Waals surface area contributed by atoms with Crippen LogP contribution < -0.4 is 11.1 Å². The standard InChI is InChI=1S/C9H20N2O/c1-2-8(6-12)11-9-4-3-7(10)5-9/h7-9,11-12H,2-6,10H2,1H3/t7?,8-,9?/m0/s1. The molecule has 0 amide bonds. The Hall–Kier alpha value is -0.120. The number of hydrogen-bond acceptors (Lipinski definition) is 3. The van der Waals surface area contributed by atoms with Crippen molar-refractivity contribution < 1.29 is 5.11 Å². The Labute approximate surface area is 74.3 Å². The molecule has 4 N–H and O–H groups in total. The van der Waals surface area contributed by atoms with Crippen LogP contribution in [0.4, 0.5) is 0 Å². The maximum absolute atomic E-state index is 8.96. The molecule has 0 saturated heterocycles. The van der Waals surface area contributed by atoms with Crippen LogP contribution in [0.15, 0.2) is 0 Å². The summed E-state index contributed by atoms with van der Waals surface area (Å²) in [5, 5.41) is 12.4. The van der Waals surface area contributed by atoms with Crippen molar-refractivity contribution in [2.75, 3.05) is 6.61 Å². The largest absolute Gasteiger partial charge is 0.395 e. The van der Waals surface area contributed by atoms with Gasteiger partial charge in [0.1, 0.15) is 0 Å². The van der Waals surface area contributed by atoms with Gasteiger partial charge in [-0.1, -0.05) is 6.92 Å². The molecule has 0 aromatic heterocycles. The van der Waals surface area contributed by atoms with Crippen molar-refractivity contribution in [2.45, 2.75) is 50.7 Å². The van der Waals surface area contributed by atoms with Crippen LogP contribution >= 0.6 is 0 Å². The monoisotopic (exact) mass is 172 g/mol. The molecule has 0 aromatic carbocycles. The number of nitrogens with one attached hydrogen (secondary N) is 1. The van der Waals surface area contributed by atoms with Crippen molar-refractivity contribution in [1.82, 2.24) is 5.32 Å². The smallest absolute Gasteiger partial charge is 0.0584 e. The highest BCUT2D eigenvalue weighted by Crippen LogP contribution is 2.17. The molecule has 1 aliphatic carbocycles. The third-order valence-electron chi connectivity index (χ3n) is 2.66. The molecule has 3 nitrogen and oxygen atoms in total. The average Bonchev–Trinajstić information content (AvgIpc) is 2.47. The minimum atomic E-state index is 0.238. The van der Waals surface area contributed by atoms with Crippen molar-refractivity contribution in [1.29, 1.82) is 0 Å². The highest BCUT2D eigenvalue weighted by molar-refractivity contribution is 4.84. The Balaban J connectivity index is 2.21. The van der Waals surface area contributed by atoms with Crippen LogP contribution in [0.1, 0.15) is 32.6 Å². The fraction of sp³-hybridized carbons (Fsp3) is 1.00. The molecule has 3 heteroatoms. The molecule has 0 bridgehead atoms. The zero-order chi connectivity index (χ0) is 8.97. The Morgan fingerprint density at radius 3 is 2.75 bits per heavy atom. The second-order valence-corrected chi connectivity index (χ2v) is 3.72. The maximum Gasteiger partial charge on any atom is 0.0584 e. The zero-order valence-electron chi connectivity index (χ0n) is 7.79. The topological polar surface area (TPSA) is 58.3 Å². The van der Waals surface area contributed by atoms with Crippen LogP contribution in [0.25, 0.3) is 0 Å². The summed E-state index contributed by atoms with van der Waals surface area (Å²) in [5.41, 5.74) is 5.78. The molecule has 3 atom stereocenters. The number of aliphatic hydroxyl groups excluding tert-OH is 1. The number of hydrogen-bond donors (Lipinski definition) is 3. The van der Waals surface area contributed by atoms with E-state index >= 15 is 0 Å². The summed E-state index contributed by atoms with van der Waals surface area (Å²) in [6.07, 6.45) is 4.34. The van der Waals surface area contributed by atoms with Crippen LogP contribution in [0.5, 0.6) is 0 Å². The van der Waals surface area contributed by atoms with E-state index in [-0.39, 0.29) is 12.6 Å². The van der Waals surface area contributed by atoms with Crippen molar-refractivity contribution in [3.8, 4) is 0 Å². The van der Waals surface area contributed by atoms with Gasteiger partial charge in [0, 0.05) is 18.1 Å². The van der Waals surface area contributed by atoms with Gasteiger partial charge in [-0.15, -0.1) is 0 Å². The molecule has 1 aliphatic rings.